The number of hydrogen-bond donors (Lipinski definition) is 1. The van der Waals surface area contributed by atoms with Crippen molar-refractivity contribution in [3.8, 4) is 0 Å². The van der Waals surface area contributed by atoms with E-state index >= 15 is 0 Å². The monoisotopic (exact) mass is 337 g/mol. The molecule has 3 rings (SSSR count). The standard InChI is InChI=1S/C19H19N3O3/c1-13-8-9-22(14(2)16-6-4-3-5-7-16)19(24)17(13)18(23)20-10-15-11-21-25-12-15/h3-9,11-12,14H,10H2,1-2H3,(H,20,23). The quantitative estimate of drug-likeness (QED) is 0.776. The van der Waals surface area contributed by atoms with Crippen LogP contribution in [0.4, 0.5) is 0 Å². The molecule has 0 bridgehead atoms. The van der Waals surface area contributed by atoms with Crippen molar-refractivity contribution in [2.75, 3.05) is 0 Å². The molecule has 1 N–H and O–H groups in total. The zero-order chi connectivity index (χ0) is 17.8. The Labute approximate surface area is 145 Å². The number of nitrogens with zero attached hydrogens (tertiary/aromatic N) is 2. The molecule has 6 nitrogen and oxygen atoms in total. The first kappa shape index (κ1) is 16.7. The lowest BCUT2D eigenvalue weighted by Crippen LogP contribution is -2.34. The van der Waals surface area contributed by atoms with Crippen LogP contribution in [0.15, 0.2) is 64.4 Å². The number of amides is 1. The highest BCUT2D eigenvalue weighted by Gasteiger charge is 2.18. The summed E-state index contributed by atoms with van der Waals surface area (Å²) in [5.41, 5.74) is 2.23. The van der Waals surface area contributed by atoms with Crippen molar-refractivity contribution in [2.24, 2.45) is 0 Å². The van der Waals surface area contributed by atoms with Gasteiger partial charge in [-0.25, -0.2) is 0 Å². The zero-order valence-corrected chi connectivity index (χ0v) is 14.1. The number of carbonyl (C=O) groups excluding carboxylic acids is 1. The lowest BCUT2D eigenvalue weighted by molar-refractivity contribution is 0.0948. The minimum atomic E-state index is -0.404. The first-order valence-electron chi connectivity index (χ1n) is 8.01. The summed E-state index contributed by atoms with van der Waals surface area (Å²) >= 11 is 0. The number of hydrogen-bond acceptors (Lipinski definition) is 4. The predicted octanol–water partition coefficient (Wildman–Crippen LogP) is 2.68. The Morgan fingerprint density at radius 3 is 2.72 bits per heavy atom. The summed E-state index contributed by atoms with van der Waals surface area (Å²) in [4.78, 5) is 25.4. The van der Waals surface area contributed by atoms with Gasteiger partial charge in [0.25, 0.3) is 11.5 Å². The van der Waals surface area contributed by atoms with Crippen LogP contribution < -0.4 is 10.9 Å². The maximum absolute atomic E-state index is 12.9. The van der Waals surface area contributed by atoms with Crippen LogP contribution in [0.2, 0.25) is 0 Å². The molecule has 0 aliphatic carbocycles. The molecule has 3 aromatic rings. The van der Waals surface area contributed by atoms with Gasteiger partial charge >= 0.3 is 0 Å². The molecular weight excluding hydrogens is 318 g/mol. The number of pyridine rings is 1. The van der Waals surface area contributed by atoms with Gasteiger partial charge in [-0.2, -0.15) is 0 Å². The molecule has 2 aromatic heterocycles. The molecule has 6 heteroatoms. The Bertz CT molecular complexity index is 915. The van der Waals surface area contributed by atoms with Crippen molar-refractivity contribution in [1.82, 2.24) is 15.0 Å². The number of aryl methyl sites for hydroxylation is 1. The van der Waals surface area contributed by atoms with E-state index in [-0.39, 0.29) is 23.7 Å². The maximum atomic E-state index is 12.9. The maximum Gasteiger partial charge on any atom is 0.264 e. The van der Waals surface area contributed by atoms with Crippen LogP contribution in [0, 0.1) is 6.92 Å². The third kappa shape index (κ3) is 3.52. The molecule has 0 saturated heterocycles. The van der Waals surface area contributed by atoms with Crippen LogP contribution in [0.1, 0.15) is 40.0 Å². The lowest BCUT2D eigenvalue weighted by atomic mass is 10.1. The number of carbonyl (C=O) groups is 1. The molecule has 25 heavy (non-hydrogen) atoms. The summed E-state index contributed by atoms with van der Waals surface area (Å²) in [6.45, 7) is 3.95. The fraction of sp³-hybridized carbons (Fsp3) is 0.211. The van der Waals surface area contributed by atoms with Gasteiger partial charge in [0.2, 0.25) is 0 Å². The largest absolute Gasteiger partial charge is 0.364 e. The molecule has 0 aliphatic heterocycles. The van der Waals surface area contributed by atoms with E-state index < -0.39 is 5.91 Å². The van der Waals surface area contributed by atoms with Gasteiger partial charge in [0.05, 0.1) is 12.2 Å². The van der Waals surface area contributed by atoms with Gasteiger partial charge in [-0.1, -0.05) is 35.5 Å². The van der Waals surface area contributed by atoms with Gasteiger partial charge < -0.3 is 14.4 Å². The second-order valence-corrected chi connectivity index (χ2v) is 5.89. The summed E-state index contributed by atoms with van der Waals surface area (Å²) < 4.78 is 6.31. The molecule has 0 radical (unpaired) electrons. The minimum Gasteiger partial charge on any atom is -0.364 e. The molecule has 2 heterocycles. The smallest absolute Gasteiger partial charge is 0.264 e. The van der Waals surface area contributed by atoms with E-state index in [9.17, 15) is 9.59 Å². The van der Waals surface area contributed by atoms with Crippen molar-refractivity contribution in [3.05, 3.63) is 87.7 Å². The zero-order valence-electron chi connectivity index (χ0n) is 14.1. The number of nitrogens with one attached hydrogen (secondary N) is 1. The predicted molar refractivity (Wildman–Crippen MR) is 93.4 cm³/mol. The highest BCUT2D eigenvalue weighted by molar-refractivity contribution is 5.95. The van der Waals surface area contributed by atoms with E-state index in [1.807, 2.05) is 37.3 Å². The van der Waals surface area contributed by atoms with E-state index in [4.69, 9.17) is 4.52 Å². The first-order chi connectivity index (χ1) is 12.1. The molecule has 1 aromatic carbocycles. The molecule has 1 atom stereocenters. The first-order valence-corrected chi connectivity index (χ1v) is 8.01. The van der Waals surface area contributed by atoms with Crippen molar-refractivity contribution in [1.29, 1.82) is 0 Å². The Morgan fingerprint density at radius 2 is 2.04 bits per heavy atom. The van der Waals surface area contributed by atoms with E-state index in [2.05, 4.69) is 10.5 Å². The summed E-state index contributed by atoms with van der Waals surface area (Å²) in [6.07, 6.45) is 4.70. The molecule has 1 unspecified atom stereocenters. The van der Waals surface area contributed by atoms with E-state index in [0.29, 0.717) is 5.56 Å². The van der Waals surface area contributed by atoms with Gasteiger partial charge in [0.1, 0.15) is 11.8 Å². The van der Waals surface area contributed by atoms with Crippen LogP contribution in [0.3, 0.4) is 0 Å². The Hall–Kier alpha value is -3.15. The highest BCUT2D eigenvalue weighted by Crippen LogP contribution is 2.16. The van der Waals surface area contributed by atoms with Gasteiger partial charge in [0, 0.05) is 18.3 Å². The average Bonchev–Trinajstić information content (AvgIpc) is 3.14. The van der Waals surface area contributed by atoms with E-state index in [0.717, 1.165) is 11.1 Å². The summed E-state index contributed by atoms with van der Waals surface area (Å²) in [5.74, 6) is -0.404. The third-order valence-electron chi connectivity index (χ3n) is 4.19. The van der Waals surface area contributed by atoms with Crippen molar-refractivity contribution in [3.63, 3.8) is 0 Å². The van der Waals surface area contributed by atoms with Crippen molar-refractivity contribution >= 4 is 5.91 Å². The van der Waals surface area contributed by atoms with Gasteiger partial charge in [0.15, 0.2) is 0 Å². The molecule has 0 fully saturated rings. The number of aromatic nitrogens is 2. The van der Waals surface area contributed by atoms with Crippen LogP contribution in [0.5, 0.6) is 0 Å². The van der Waals surface area contributed by atoms with E-state index in [1.54, 1.807) is 23.8 Å². The normalized spacial score (nSPS) is 11.9. The summed E-state index contributed by atoms with van der Waals surface area (Å²) in [7, 11) is 0. The second-order valence-electron chi connectivity index (χ2n) is 5.89. The average molecular weight is 337 g/mol. The van der Waals surface area contributed by atoms with Crippen LogP contribution >= 0.6 is 0 Å². The van der Waals surface area contributed by atoms with Gasteiger partial charge in [-0.3, -0.25) is 9.59 Å². The Morgan fingerprint density at radius 1 is 1.28 bits per heavy atom. The SMILES string of the molecule is Cc1ccn(C(C)c2ccccc2)c(=O)c1C(=O)NCc1cnoc1. The molecule has 0 saturated carbocycles. The lowest BCUT2D eigenvalue weighted by Gasteiger charge is -2.17. The number of rotatable bonds is 5. The van der Waals surface area contributed by atoms with Gasteiger partial charge in [-0.05, 0) is 31.0 Å². The second kappa shape index (κ2) is 7.17. The van der Waals surface area contributed by atoms with Crippen LogP contribution in [-0.4, -0.2) is 15.6 Å². The fourth-order valence-electron chi connectivity index (χ4n) is 2.70. The Balaban J connectivity index is 1.89. The van der Waals surface area contributed by atoms with E-state index in [1.165, 1.54) is 12.5 Å². The van der Waals surface area contributed by atoms with Crippen molar-refractivity contribution in [2.45, 2.75) is 26.4 Å². The van der Waals surface area contributed by atoms with Crippen molar-refractivity contribution < 1.29 is 9.32 Å². The summed E-state index contributed by atoms with van der Waals surface area (Å²) in [6, 6.07) is 11.3. The Kier molecular flexibility index (Phi) is 4.79. The summed E-state index contributed by atoms with van der Waals surface area (Å²) in [5, 5.41) is 6.32. The van der Waals surface area contributed by atoms with Crippen LogP contribution in [0.25, 0.3) is 0 Å². The molecule has 0 spiro atoms. The highest BCUT2D eigenvalue weighted by atomic mass is 16.5. The molecular formula is C19H19N3O3. The molecule has 1 amide bonds. The third-order valence-corrected chi connectivity index (χ3v) is 4.19. The van der Waals surface area contributed by atoms with Gasteiger partial charge in [-0.15, -0.1) is 0 Å². The topological polar surface area (TPSA) is 77.1 Å². The molecule has 0 aliphatic rings. The fourth-order valence-corrected chi connectivity index (χ4v) is 2.70. The number of benzene rings is 1. The molecule has 128 valence electrons. The minimum absolute atomic E-state index is 0.154. The van der Waals surface area contributed by atoms with Crippen LogP contribution in [-0.2, 0) is 6.54 Å².